The van der Waals surface area contributed by atoms with Crippen LogP contribution in [-0.2, 0) is 0 Å². The largest absolute Gasteiger partial charge is 0.495 e. The molecule has 0 bridgehead atoms. The molecule has 98 valence electrons. The highest BCUT2D eigenvalue weighted by molar-refractivity contribution is 9.10. The molecule has 1 aliphatic rings. The summed E-state index contributed by atoms with van der Waals surface area (Å²) in [5.74, 6) is 1.76. The molecule has 0 spiro atoms. The molecule has 0 unspecified atom stereocenters. The summed E-state index contributed by atoms with van der Waals surface area (Å²) in [4.78, 5) is 0. The van der Waals surface area contributed by atoms with Crippen molar-refractivity contribution in [2.45, 2.75) is 19.4 Å². The van der Waals surface area contributed by atoms with Crippen LogP contribution in [0.3, 0.4) is 0 Å². The summed E-state index contributed by atoms with van der Waals surface area (Å²) in [6.45, 7) is 4.11. The molecular weight excluding hydrogens is 304 g/mol. The lowest BCUT2D eigenvalue weighted by Crippen LogP contribution is -2.27. The third kappa shape index (κ3) is 1.93. The number of halogens is 1. The molecule has 1 heterocycles. The molecule has 19 heavy (non-hydrogen) atoms. The van der Waals surface area contributed by atoms with E-state index in [1.165, 1.54) is 0 Å². The minimum Gasteiger partial charge on any atom is -0.495 e. The van der Waals surface area contributed by atoms with Gasteiger partial charge in [-0.15, -0.1) is 0 Å². The third-order valence-corrected chi connectivity index (χ3v) is 4.10. The molecular formula is C16H15BrO2. The molecule has 0 amide bonds. The van der Waals surface area contributed by atoms with Gasteiger partial charge in [-0.1, -0.05) is 30.3 Å². The average molecular weight is 319 g/mol. The van der Waals surface area contributed by atoms with E-state index in [0.717, 1.165) is 32.3 Å². The normalized spacial score (nSPS) is 16.0. The third-order valence-electron chi connectivity index (χ3n) is 3.32. The molecule has 3 rings (SSSR count). The van der Waals surface area contributed by atoms with Crippen LogP contribution in [0.5, 0.6) is 11.5 Å². The second kappa shape index (κ2) is 4.27. The van der Waals surface area contributed by atoms with Gasteiger partial charge in [0, 0.05) is 16.3 Å². The number of fused-ring (bicyclic) bond motifs is 3. The van der Waals surface area contributed by atoms with Gasteiger partial charge >= 0.3 is 0 Å². The SMILES string of the molecule is COc1c(Br)c2c(c3ccccc13)OC(C)(C)C=C2. The van der Waals surface area contributed by atoms with E-state index in [1.807, 2.05) is 18.2 Å². The van der Waals surface area contributed by atoms with Crippen molar-refractivity contribution in [3.8, 4) is 11.5 Å². The molecule has 0 aliphatic carbocycles. The van der Waals surface area contributed by atoms with Gasteiger partial charge in [-0.3, -0.25) is 0 Å². The van der Waals surface area contributed by atoms with Gasteiger partial charge in [0.15, 0.2) is 0 Å². The van der Waals surface area contributed by atoms with E-state index < -0.39 is 0 Å². The zero-order valence-electron chi connectivity index (χ0n) is 11.2. The minimum absolute atomic E-state index is 0.288. The summed E-state index contributed by atoms with van der Waals surface area (Å²) >= 11 is 3.63. The Morgan fingerprint density at radius 2 is 1.84 bits per heavy atom. The van der Waals surface area contributed by atoms with E-state index in [4.69, 9.17) is 9.47 Å². The number of ether oxygens (including phenoxy) is 2. The van der Waals surface area contributed by atoms with Crippen LogP contribution in [0.4, 0.5) is 0 Å². The first-order valence-electron chi connectivity index (χ1n) is 6.20. The van der Waals surface area contributed by atoms with Crippen molar-refractivity contribution in [2.75, 3.05) is 7.11 Å². The molecule has 1 aliphatic heterocycles. The molecule has 0 radical (unpaired) electrons. The fraction of sp³-hybridized carbons (Fsp3) is 0.250. The van der Waals surface area contributed by atoms with Gasteiger partial charge in [0.1, 0.15) is 17.1 Å². The number of hydrogen-bond acceptors (Lipinski definition) is 2. The zero-order valence-corrected chi connectivity index (χ0v) is 12.7. The van der Waals surface area contributed by atoms with Crippen molar-refractivity contribution < 1.29 is 9.47 Å². The quantitative estimate of drug-likeness (QED) is 0.752. The van der Waals surface area contributed by atoms with Crippen molar-refractivity contribution in [3.05, 3.63) is 40.4 Å². The summed E-state index contributed by atoms with van der Waals surface area (Å²) in [6.07, 6.45) is 4.16. The maximum atomic E-state index is 6.14. The molecule has 2 aromatic rings. The van der Waals surface area contributed by atoms with Gasteiger partial charge in [0.25, 0.3) is 0 Å². The molecule has 0 fully saturated rings. The molecule has 2 nitrogen and oxygen atoms in total. The number of rotatable bonds is 1. The second-order valence-corrected chi connectivity index (χ2v) is 5.97. The average Bonchev–Trinajstić information content (AvgIpc) is 2.38. The van der Waals surface area contributed by atoms with Gasteiger partial charge in [-0.05, 0) is 35.9 Å². The van der Waals surface area contributed by atoms with Gasteiger partial charge in [0.05, 0.1) is 11.6 Å². The molecule has 0 N–H and O–H groups in total. The summed E-state index contributed by atoms with van der Waals surface area (Å²) in [5.41, 5.74) is 0.749. The fourth-order valence-corrected chi connectivity index (χ4v) is 3.09. The monoisotopic (exact) mass is 318 g/mol. The Hall–Kier alpha value is -1.48. The Labute approximate surface area is 121 Å². The van der Waals surface area contributed by atoms with Crippen molar-refractivity contribution in [1.29, 1.82) is 0 Å². The fourth-order valence-electron chi connectivity index (χ4n) is 2.40. The van der Waals surface area contributed by atoms with Crippen LogP contribution in [0.15, 0.2) is 34.8 Å². The molecule has 0 saturated heterocycles. The van der Waals surface area contributed by atoms with Crippen LogP contribution >= 0.6 is 15.9 Å². The Morgan fingerprint density at radius 3 is 2.53 bits per heavy atom. The summed E-state index contributed by atoms with van der Waals surface area (Å²) < 4.78 is 12.6. The molecule has 0 saturated carbocycles. The maximum absolute atomic E-state index is 6.14. The van der Waals surface area contributed by atoms with Gasteiger partial charge in [0.2, 0.25) is 0 Å². The van der Waals surface area contributed by atoms with E-state index in [2.05, 4.69) is 48.0 Å². The highest BCUT2D eigenvalue weighted by atomic mass is 79.9. The highest BCUT2D eigenvalue weighted by Crippen LogP contribution is 2.47. The van der Waals surface area contributed by atoms with E-state index in [9.17, 15) is 0 Å². The first kappa shape index (κ1) is 12.5. The predicted octanol–water partition coefficient (Wildman–Crippen LogP) is 4.80. The van der Waals surface area contributed by atoms with Crippen LogP contribution < -0.4 is 9.47 Å². The molecule has 0 aromatic heterocycles. The maximum Gasteiger partial charge on any atom is 0.141 e. The predicted molar refractivity (Wildman–Crippen MR) is 81.9 cm³/mol. The lowest BCUT2D eigenvalue weighted by atomic mass is 9.98. The Balaban J connectivity index is 2.42. The smallest absolute Gasteiger partial charge is 0.141 e. The summed E-state index contributed by atoms with van der Waals surface area (Å²) in [6, 6.07) is 8.14. The summed E-state index contributed by atoms with van der Waals surface area (Å²) in [5, 5.41) is 2.14. The molecule has 3 heteroatoms. The Kier molecular flexibility index (Phi) is 2.82. The van der Waals surface area contributed by atoms with Crippen molar-refractivity contribution in [2.24, 2.45) is 0 Å². The van der Waals surface area contributed by atoms with Crippen molar-refractivity contribution in [1.82, 2.24) is 0 Å². The molecule has 2 aromatic carbocycles. The number of hydrogen-bond donors (Lipinski definition) is 0. The minimum atomic E-state index is -0.288. The lowest BCUT2D eigenvalue weighted by Gasteiger charge is -2.30. The van der Waals surface area contributed by atoms with Crippen LogP contribution in [0.2, 0.25) is 0 Å². The second-order valence-electron chi connectivity index (χ2n) is 5.17. The van der Waals surface area contributed by atoms with Gasteiger partial charge < -0.3 is 9.47 Å². The summed E-state index contributed by atoms with van der Waals surface area (Å²) in [7, 11) is 1.69. The lowest BCUT2D eigenvalue weighted by molar-refractivity contribution is 0.161. The van der Waals surface area contributed by atoms with Crippen molar-refractivity contribution in [3.63, 3.8) is 0 Å². The van der Waals surface area contributed by atoms with Gasteiger partial charge in [-0.25, -0.2) is 0 Å². The number of benzene rings is 2. The van der Waals surface area contributed by atoms with Crippen LogP contribution in [0.1, 0.15) is 19.4 Å². The Bertz CT molecular complexity index is 687. The van der Waals surface area contributed by atoms with E-state index in [0.29, 0.717) is 0 Å². The van der Waals surface area contributed by atoms with Crippen LogP contribution in [0.25, 0.3) is 16.8 Å². The molecule has 0 atom stereocenters. The van der Waals surface area contributed by atoms with E-state index >= 15 is 0 Å². The first-order chi connectivity index (χ1) is 9.03. The van der Waals surface area contributed by atoms with Crippen LogP contribution in [-0.4, -0.2) is 12.7 Å². The van der Waals surface area contributed by atoms with E-state index in [1.54, 1.807) is 7.11 Å². The number of methoxy groups -OCH3 is 1. The standard InChI is InChI=1S/C16H15BrO2/c1-16(2)9-8-12-13(17)15(18-3)11-7-5-4-6-10(11)14(12)19-16/h4-9H,1-3H3. The van der Waals surface area contributed by atoms with Gasteiger partial charge in [-0.2, -0.15) is 0 Å². The van der Waals surface area contributed by atoms with Crippen molar-refractivity contribution >= 4 is 32.8 Å². The first-order valence-corrected chi connectivity index (χ1v) is 6.99. The Morgan fingerprint density at radius 1 is 1.16 bits per heavy atom. The van der Waals surface area contributed by atoms with E-state index in [-0.39, 0.29) is 5.60 Å². The van der Waals surface area contributed by atoms with Crippen LogP contribution in [0, 0.1) is 0 Å². The zero-order chi connectivity index (χ0) is 13.6. The highest BCUT2D eigenvalue weighted by Gasteiger charge is 2.27. The topological polar surface area (TPSA) is 18.5 Å².